The second-order valence-corrected chi connectivity index (χ2v) is 2.36. The van der Waals surface area contributed by atoms with Gasteiger partial charge in [0, 0.05) is 0 Å². The fraction of sp³-hybridized carbons (Fsp3) is 0.455. The predicted molar refractivity (Wildman–Crippen MR) is 54.7 cm³/mol. The van der Waals surface area contributed by atoms with Gasteiger partial charge in [0.2, 0.25) is 0 Å². The molecule has 0 saturated carbocycles. The molecule has 0 rings (SSSR count). The molecule has 0 nitrogen and oxygen atoms in total. The van der Waals surface area contributed by atoms with Crippen LogP contribution in [0, 0.1) is 0 Å². The van der Waals surface area contributed by atoms with Crippen molar-refractivity contribution in [2.24, 2.45) is 0 Å². The van der Waals surface area contributed by atoms with E-state index in [0.717, 1.165) is 0 Å². The lowest BCUT2D eigenvalue weighted by atomic mass is 10.2. The molecule has 0 unspecified atom stereocenters. The van der Waals surface area contributed by atoms with Gasteiger partial charge in [-0.25, -0.2) is 0 Å². The number of allylic oxidation sites excluding steroid dienone is 5. The highest BCUT2D eigenvalue weighted by molar-refractivity contribution is 5.21. The summed E-state index contributed by atoms with van der Waals surface area (Å²) < 4.78 is 0. The van der Waals surface area contributed by atoms with Gasteiger partial charge in [0.1, 0.15) is 0 Å². The zero-order chi connectivity index (χ0) is 9.28. The highest BCUT2D eigenvalue weighted by atomic mass is 13.8. The predicted octanol–water partition coefficient (Wildman–Crippen LogP) is 4.11. The Balaban J connectivity index is 0. The molecule has 0 N–H and O–H groups in total. The third-order valence-corrected chi connectivity index (χ3v) is 1.00. The monoisotopic (exact) mass is 152 g/mol. The molecule has 0 amide bonds. The number of hydrogen-bond donors (Lipinski definition) is 0. The SMILES string of the molecule is C=C/C(C)=C\C=C(C)C.CC. The average molecular weight is 152 g/mol. The summed E-state index contributed by atoms with van der Waals surface area (Å²) >= 11 is 0. The van der Waals surface area contributed by atoms with Gasteiger partial charge in [0.05, 0.1) is 0 Å². The molecule has 0 aromatic carbocycles. The molecule has 0 heteroatoms. The second kappa shape index (κ2) is 9.22. The first-order valence-electron chi connectivity index (χ1n) is 4.11. The van der Waals surface area contributed by atoms with Gasteiger partial charge in [-0.15, -0.1) is 0 Å². The van der Waals surface area contributed by atoms with Gasteiger partial charge in [-0.1, -0.05) is 49.8 Å². The van der Waals surface area contributed by atoms with Crippen LogP contribution in [0.25, 0.3) is 0 Å². The van der Waals surface area contributed by atoms with Crippen LogP contribution in [0.1, 0.15) is 34.6 Å². The van der Waals surface area contributed by atoms with Crippen LogP contribution in [0.4, 0.5) is 0 Å². The van der Waals surface area contributed by atoms with Gasteiger partial charge >= 0.3 is 0 Å². The molecule has 11 heavy (non-hydrogen) atoms. The van der Waals surface area contributed by atoms with Crippen LogP contribution >= 0.6 is 0 Å². The van der Waals surface area contributed by atoms with E-state index < -0.39 is 0 Å². The van der Waals surface area contributed by atoms with Gasteiger partial charge in [-0.05, 0) is 20.8 Å². The maximum absolute atomic E-state index is 3.64. The fourth-order valence-corrected chi connectivity index (χ4v) is 0.366. The Hall–Kier alpha value is -0.780. The highest BCUT2D eigenvalue weighted by Gasteiger charge is 1.74. The molecule has 0 aliphatic rings. The van der Waals surface area contributed by atoms with Crippen molar-refractivity contribution in [2.75, 3.05) is 0 Å². The average Bonchev–Trinajstić information content (AvgIpc) is 2.04. The molecule has 0 atom stereocenters. The molecule has 0 radical (unpaired) electrons. The minimum Gasteiger partial charge on any atom is -0.0988 e. The van der Waals surface area contributed by atoms with Crippen LogP contribution in [0.5, 0.6) is 0 Å². The van der Waals surface area contributed by atoms with Gasteiger partial charge in [0.25, 0.3) is 0 Å². The standard InChI is InChI=1S/C9H14.C2H6/c1-5-9(4)7-6-8(2)3;1-2/h5-7H,1H2,2-4H3;1-2H3/b9-7-;. The molecule has 0 aromatic rings. The van der Waals surface area contributed by atoms with Crippen molar-refractivity contribution in [3.63, 3.8) is 0 Å². The lowest BCUT2D eigenvalue weighted by Crippen LogP contribution is -1.64. The van der Waals surface area contributed by atoms with Crippen molar-refractivity contribution < 1.29 is 0 Å². The highest BCUT2D eigenvalue weighted by Crippen LogP contribution is 1.96. The van der Waals surface area contributed by atoms with E-state index in [0.29, 0.717) is 0 Å². The molecule has 0 aromatic heterocycles. The molecule has 0 bridgehead atoms. The summed E-state index contributed by atoms with van der Waals surface area (Å²) in [7, 11) is 0. The summed E-state index contributed by atoms with van der Waals surface area (Å²) in [5.41, 5.74) is 2.52. The normalized spacial score (nSPS) is 9.36. The van der Waals surface area contributed by atoms with E-state index in [1.54, 1.807) is 0 Å². The summed E-state index contributed by atoms with van der Waals surface area (Å²) in [4.78, 5) is 0. The third-order valence-electron chi connectivity index (χ3n) is 1.00. The third kappa shape index (κ3) is 12.4. The zero-order valence-corrected chi connectivity index (χ0v) is 8.44. The van der Waals surface area contributed by atoms with Gasteiger partial charge in [-0.2, -0.15) is 0 Å². The first kappa shape index (κ1) is 12.9. The van der Waals surface area contributed by atoms with Crippen LogP contribution < -0.4 is 0 Å². The van der Waals surface area contributed by atoms with E-state index in [2.05, 4.69) is 32.6 Å². The van der Waals surface area contributed by atoms with E-state index in [4.69, 9.17) is 0 Å². The van der Waals surface area contributed by atoms with Crippen molar-refractivity contribution in [1.82, 2.24) is 0 Å². The van der Waals surface area contributed by atoms with Crippen LogP contribution in [0.2, 0.25) is 0 Å². The smallest absolute Gasteiger partial charge is 0.0398 e. The molecule has 0 spiro atoms. The molecular weight excluding hydrogens is 132 g/mol. The summed E-state index contributed by atoms with van der Waals surface area (Å²) in [5.74, 6) is 0. The molecule has 0 fully saturated rings. The molecule has 0 saturated heterocycles. The molecule has 0 heterocycles. The number of hydrogen-bond acceptors (Lipinski definition) is 0. The van der Waals surface area contributed by atoms with Gasteiger partial charge in [0.15, 0.2) is 0 Å². The van der Waals surface area contributed by atoms with E-state index in [1.807, 2.05) is 26.8 Å². The maximum Gasteiger partial charge on any atom is -0.0398 e. The Labute approximate surface area is 71.3 Å². The quantitative estimate of drug-likeness (QED) is 0.522. The van der Waals surface area contributed by atoms with Gasteiger partial charge < -0.3 is 0 Å². The second-order valence-electron chi connectivity index (χ2n) is 2.36. The summed E-state index contributed by atoms with van der Waals surface area (Å²) in [5, 5.41) is 0. The Bertz CT molecular complexity index is 143. The Morgan fingerprint density at radius 3 is 1.73 bits per heavy atom. The molecule has 64 valence electrons. The van der Waals surface area contributed by atoms with E-state index in [9.17, 15) is 0 Å². The minimum absolute atomic E-state index is 1.20. The minimum atomic E-state index is 1.20. The molecule has 0 aliphatic heterocycles. The maximum atomic E-state index is 3.64. The summed E-state index contributed by atoms with van der Waals surface area (Å²) in [6, 6.07) is 0. The summed E-state index contributed by atoms with van der Waals surface area (Å²) in [6.45, 7) is 13.8. The Kier molecular flexibility index (Phi) is 10.8. The van der Waals surface area contributed by atoms with E-state index >= 15 is 0 Å². The summed E-state index contributed by atoms with van der Waals surface area (Å²) in [6.07, 6.45) is 5.98. The van der Waals surface area contributed by atoms with Crippen molar-refractivity contribution in [3.8, 4) is 0 Å². The lowest BCUT2D eigenvalue weighted by Gasteiger charge is -1.86. The first-order chi connectivity index (χ1) is 5.16. The van der Waals surface area contributed by atoms with Gasteiger partial charge in [-0.3, -0.25) is 0 Å². The zero-order valence-electron chi connectivity index (χ0n) is 8.44. The van der Waals surface area contributed by atoms with Crippen molar-refractivity contribution in [3.05, 3.63) is 36.0 Å². The number of rotatable bonds is 2. The Morgan fingerprint density at radius 1 is 1.00 bits per heavy atom. The van der Waals surface area contributed by atoms with Crippen LogP contribution in [-0.2, 0) is 0 Å². The van der Waals surface area contributed by atoms with Crippen molar-refractivity contribution in [2.45, 2.75) is 34.6 Å². The topological polar surface area (TPSA) is 0 Å². The first-order valence-corrected chi connectivity index (χ1v) is 4.11. The van der Waals surface area contributed by atoms with Crippen LogP contribution in [0.3, 0.4) is 0 Å². The van der Waals surface area contributed by atoms with Crippen molar-refractivity contribution >= 4 is 0 Å². The molecular formula is C11H20. The van der Waals surface area contributed by atoms with E-state index in [1.165, 1.54) is 11.1 Å². The largest absolute Gasteiger partial charge is 0.0988 e. The van der Waals surface area contributed by atoms with Crippen molar-refractivity contribution in [1.29, 1.82) is 0 Å². The van der Waals surface area contributed by atoms with Crippen LogP contribution in [0.15, 0.2) is 36.0 Å². The molecule has 0 aliphatic carbocycles. The lowest BCUT2D eigenvalue weighted by molar-refractivity contribution is 1.38. The fourth-order valence-electron chi connectivity index (χ4n) is 0.366. The van der Waals surface area contributed by atoms with E-state index in [-0.39, 0.29) is 0 Å². The van der Waals surface area contributed by atoms with Crippen LogP contribution in [-0.4, -0.2) is 0 Å². The Morgan fingerprint density at radius 2 is 1.45 bits per heavy atom.